The van der Waals surface area contributed by atoms with Crippen LogP contribution in [0.5, 0.6) is 5.75 Å². The van der Waals surface area contributed by atoms with E-state index >= 15 is 4.39 Å². The number of amides is 1. The van der Waals surface area contributed by atoms with E-state index in [1.807, 2.05) is 12.1 Å². The van der Waals surface area contributed by atoms with E-state index in [9.17, 15) is 15.0 Å². The number of alkyl halides is 1. The van der Waals surface area contributed by atoms with Gasteiger partial charge in [0.15, 0.2) is 0 Å². The van der Waals surface area contributed by atoms with Gasteiger partial charge in [-0.15, -0.1) is 0 Å². The second-order valence-electron chi connectivity index (χ2n) is 15.6. The summed E-state index contributed by atoms with van der Waals surface area (Å²) in [5, 5.41) is 23.7. The Labute approximate surface area is 274 Å². The molecule has 4 aliphatic rings. The van der Waals surface area contributed by atoms with Gasteiger partial charge in [-0.05, 0) is 120 Å². The molecule has 0 radical (unpaired) electrons. The van der Waals surface area contributed by atoms with E-state index in [-0.39, 0.29) is 28.9 Å². The second kappa shape index (κ2) is 13.3. The molecule has 0 bridgehead atoms. The molecule has 4 nitrogen and oxygen atoms in total. The van der Waals surface area contributed by atoms with E-state index in [4.69, 9.17) is 0 Å². The van der Waals surface area contributed by atoms with Crippen molar-refractivity contribution >= 4 is 16.7 Å². The zero-order chi connectivity index (χ0) is 31.8. The fraction of sp³-hybridized carbons (Fsp3) is 0.585. The quantitative estimate of drug-likeness (QED) is 0.234. The number of carbonyl (C=O) groups is 1. The molecule has 3 saturated carbocycles. The molecule has 0 aliphatic heterocycles. The van der Waals surface area contributed by atoms with Crippen LogP contribution in [-0.4, -0.2) is 46.4 Å². The minimum Gasteiger partial charge on any atom is -0.508 e. The third-order valence-corrected chi connectivity index (χ3v) is 12.8. The molecular weight excluding hydrogens is 573 g/mol. The van der Waals surface area contributed by atoms with Gasteiger partial charge in [0.2, 0.25) is 5.91 Å². The summed E-state index contributed by atoms with van der Waals surface area (Å²) in [5.41, 5.74) is 2.89. The number of nitrogens with zero attached hydrogens (tertiary/aromatic N) is 1. The third-order valence-electron chi connectivity index (χ3n) is 12.8. The highest BCUT2D eigenvalue weighted by molar-refractivity contribution is 5.85. The number of fused-ring (bicyclic) bond motifs is 6. The van der Waals surface area contributed by atoms with Crippen molar-refractivity contribution in [3.63, 3.8) is 0 Å². The fourth-order valence-electron chi connectivity index (χ4n) is 10.4. The highest BCUT2D eigenvalue weighted by atomic mass is 19.1. The molecule has 0 heterocycles. The van der Waals surface area contributed by atoms with Crippen LogP contribution in [0.2, 0.25) is 0 Å². The van der Waals surface area contributed by atoms with Crippen LogP contribution in [0.3, 0.4) is 0 Å². The lowest BCUT2D eigenvalue weighted by atomic mass is 9.51. The van der Waals surface area contributed by atoms with Crippen molar-refractivity contribution in [1.82, 2.24) is 4.90 Å². The van der Waals surface area contributed by atoms with Crippen molar-refractivity contribution in [2.24, 2.45) is 29.1 Å². The van der Waals surface area contributed by atoms with Crippen LogP contribution in [-0.2, 0) is 17.6 Å². The lowest BCUT2D eigenvalue weighted by Gasteiger charge is -2.54. The Morgan fingerprint density at radius 1 is 0.957 bits per heavy atom. The van der Waals surface area contributed by atoms with Gasteiger partial charge in [-0.2, -0.15) is 0 Å². The Kier molecular flexibility index (Phi) is 9.15. The molecule has 46 heavy (non-hydrogen) atoms. The smallest absolute Gasteiger partial charge is 0.226 e. The molecular formula is C41H52FNO3. The summed E-state index contributed by atoms with van der Waals surface area (Å²) in [6.07, 6.45) is 11.2. The fourth-order valence-corrected chi connectivity index (χ4v) is 10.4. The van der Waals surface area contributed by atoms with Crippen LogP contribution in [0.1, 0.15) is 100 Å². The van der Waals surface area contributed by atoms with E-state index in [0.717, 1.165) is 68.3 Å². The molecule has 5 heteroatoms. The van der Waals surface area contributed by atoms with Crippen molar-refractivity contribution < 1.29 is 19.4 Å². The molecule has 0 spiro atoms. The molecule has 1 amide bonds. The van der Waals surface area contributed by atoms with Crippen LogP contribution in [0.15, 0.2) is 60.7 Å². The van der Waals surface area contributed by atoms with Gasteiger partial charge < -0.3 is 15.1 Å². The maximum atomic E-state index is 16.2. The highest BCUT2D eigenvalue weighted by Gasteiger charge is 2.59. The van der Waals surface area contributed by atoms with Gasteiger partial charge in [-0.25, -0.2) is 4.39 Å². The number of carbonyl (C=O) groups excluding carboxylic acids is 1. The van der Waals surface area contributed by atoms with Gasteiger partial charge in [0, 0.05) is 19.0 Å². The van der Waals surface area contributed by atoms with Gasteiger partial charge in [-0.1, -0.05) is 81.1 Å². The summed E-state index contributed by atoms with van der Waals surface area (Å²) in [7, 11) is 0. The van der Waals surface area contributed by atoms with Crippen LogP contribution in [0.4, 0.5) is 4.39 Å². The SMILES string of the molecule is C[C@]12CC(F)C3c4ccc(O)cc4CC(CCCCN(CC4CCCCC4)C(=O)Cc4ccc5ccccc5c4)C3C1CCC2O. The average molecular weight is 626 g/mol. The number of aliphatic hydroxyl groups is 1. The Morgan fingerprint density at radius 2 is 1.76 bits per heavy atom. The second-order valence-corrected chi connectivity index (χ2v) is 15.6. The molecule has 7 rings (SSSR count). The number of aliphatic hydroxyl groups excluding tert-OH is 1. The van der Waals surface area contributed by atoms with Gasteiger partial charge in [0.1, 0.15) is 11.9 Å². The predicted molar refractivity (Wildman–Crippen MR) is 183 cm³/mol. The summed E-state index contributed by atoms with van der Waals surface area (Å²) in [5.74, 6) is 1.75. The average Bonchev–Trinajstić information content (AvgIpc) is 3.35. The van der Waals surface area contributed by atoms with E-state index in [1.54, 1.807) is 6.07 Å². The standard InChI is InChI=1S/C41H52FNO3/c1-41-25-36(42)40-34-17-16-33(44)24-32(34)23-31(39(40)35(41)18-19-37(41)45)13-7-8-20-43(26-27-9-3-2-4-10-27)38(46)22-28-14-15-29-11-5-6-12-30(29)21-28/h5-6,11-12,14-17,21,24,27,31,35-37,39-40,44-45H,2-4,7-10,13,18-20,22-23,25-26H2,1H3/t31?,35?,36?,37?,39?,40?,41-/m0/s1. The zero-order valence-corrected chi connectivity index (χ0v) is 27.5. The molecule has 3 aromatic rings. The van der Waals surface area contributed by atoms with E-state index in [0.29, 0.717) is 30.6 Å². The highest BCUT2D eigenvalue weighted by Crippen LogP contribution is 2.63. The Morgan fingerprint density at radius 3 is 2.59 bits per heavy atom. The summed E-state index contributed by atoms with van der Waals surface area (Å²) in [6.45, 7) is 3.76. The number of halogens is 1. The molecule has 246 valence electrons. The van der Waals surface area contributed by atoms with Gasteiger partial charge in [-0.3, -0.25) is 4.79 Å². The topological polar surface area (TPSA) is 60.8 Å². The first kappa shape index (κ1) is 31.7. The Bertz CT molecular complexity index is 1530. The minimum absolute atomic E-state index is 0.163. The maximum absolute atomic E-state index is 16.2. The summed E-state index contributed by atoms with van der Waals surface area (Å²) in [4.78, 5) is 16.0. The van der Waals surface area contributed by atoms with Crippen LogP contribution in [0, 0.1) is 29.1 Å². The molecule has 3 fully saturated rings. The van der Waals surface area contributed by atoms with Crippen LogP contribution < -0.4 is 0 Å². The summed E-state index contributed by atoms with van der Waals surface area (Å²) >= 11 is 0. The predicted octanol–water partition coefficient (Wildman–Crippen LogP) is 8.76. The number of benzene rings is 3. The lowest BCUT2D eigenvalue weighted by Crippen LogP contribution is -2.51. The Balaban J connectivity index is 1.05. The van der Waals surface area contributed by atoms with Crippen molar-refractivity contribution in [1.29, 1.82) is 0 Å². The first-order valence-corrected chi connectivity index (χ1v) is 18.2. The largest absolute Gasteiger partial charge is 0.508 e. The molecule has 7 atom stereocenters. The van der Waals surface area contributed by atoms with E-state index in [2.05, 4.69) is 54.3 Å². The molecule has 4 aliphatic carbocycles. The van der Waals surface area contributed by atoms with Gasteiger partial charge in [0.25, 0.3) is 0 Å². The number of rotatable bonds is 9. The number of unbranched alkanes of at least 4 members (excludes halogenated alkanes) is 1. The molecule has 0 saturated heterocycles. The maximum Gasteiger partial charge on any atom is 0.226 e. The summed E-state index contributed by atoms with van der Waals surface area (Å²) in [6, 6.07) is 20.3. The van der Waals surface area contributed by atoms with Gasteiger partial charge in [0.05, 0.1) is 12.5 Å². The van der Waals surface area contributed by atoms with Crippen LogP contribution in [0.25, 0.3) is 10.8 Å². The number of hydrogen-bond acceptors (Lipinski definition) is 3. The number of phenols is 1. The Hall–Kier alpha value is -2.92. The normalized spacial score (nSPS) is 30.8. The summed E-state index contributed by atoms with van der Waals surface area (Å²) < 4.78 is 16.2. The zero-order valence-electron chi connectivity index (χ0n) is 27.5. The van der Waals surface area contributed by atoms with Crippen LogP contribution >= 0.6 is 0 Å². The first-order valence-electron chi connectivity index (χ1n) is 18.2. The van der Waals surface area contributed by atoms with Crippen molar-refractivity contribution in [2.45, 2.75) is 109 Å². The molecule has 2 N–H and O–H groups in total. The first-order chi connectivity index (χ1) is 22.3. The monoisotopic (exact) mass is 625 g/mol. The molecule has 6 unspecified atom stereocenters. The van der Waals surface area contributed by atoms with E-state index < -0.39 is 12.3 Å². The number of hydrogen-bond donors (Lipinski definition) is 2. The van der Waals surface area contributed by atoms with Crippen molar-refractivity contribution in [3.05, 3.63) is 77.4 Å². The molecule has 3 aromatic carbocycles. The number of aromatic hydroxyl groups is 1. The lowest BCUT2D eigenvalue weighted by molar-refractivity contribution is -0.131. The minimum atomic E-state index is -0.983. The molecule has 0 aromatic heterocycles. The van der Waals surface area contributed by atoms with Crippen molar-refractivity contribution in [2.75, 3.05) is 13.1 Å². The third kappa shape index (κ3) is 6.21. The van der Waals surface area contributed by atoms with Gasteiger partial charge >= 0.3 is 0 Å². The van der Waals surface area contributed by atoms with Crippen molar-refractivity contribution in [3.8, 4) is 5.75 Å². The van der Waals surface area contributed by atoms with E-state index in [1.165, 1.54) is 42.9 Å². The number of phenolic OH excluding ortho intramolecular Hbond substituents is 1.